The Kier molecular flexibility index (Phi) is 6.45. The molecule has 3 rings (SSSR count). The van der Waals surface area contributed by atoms with E-state index in [1.54, 1.807) is 17.5 Å². The number of ether oxygens (including phenoxy) is 1. The maximum atomic E-state index is 12.7. The van der Waals surface area contributed by atoms with Crippen LogP contribution in [0.2, 0.25) is 0 Å². The van der Waals surface area contributed by atoms with Crippen LogP contribution in [0.3, 0.4) is 0 Å². The second-order valence-corrected chi connectivity index (χ2v) is 7.95. The van der Waals surface area contributed by atoms with Gasteiger partial charge in [-0.3, -0.25) is 4.79 Å². The summed E-state index contributed by atoms with van der Waals surface area (Å²) < 4.78 is 43.7. The average molecular weight is 434 g/mol. The Morgan fingerprint density at radius 1 is 1.17 bits per heavy atom. The second-order valence-electron chi connectivity index (χ2n) is 7.09. The summed E-state index contributed by atoms with van der Waals surface area (Å²) in [5, 5.41) is 5.16. The summed E-state index contributed by atoms with van der Waals surface area (Å²) in [5.41, 5.74) is 2.00. The number of carbonyl (C=O) groups is 1. The highest BCUT2D eigenvalue weighted by Gasteiger charge is 2.30. The fourth-order valence-corrected chi connectivity index (χ4v) is 3.63. The van der Waals surface area contributed by atoms with Crippen LogP contribution in [0.15, 0.2) is 47.8 Å². The van der Waals surface area contributed by atoms with Gasteiger partial charge in [0.1, 0.15) is 10.8 Å². The summed E-state index contributed by atoms with van der Waals surface area (Å²) in [6.07, 6.45) is -4.24. The number of aryl methyl sites for hydroxylation is 1. The minimum absolute atomic E-state index is 0.0633. The van der Waals surface area contributed by atoms with Gasteiger partial charge < -0.3 is 10.1 Å². The first-order chi connectivity index (χ1) is 14.1. The molecule has 0 radical (unpaired) electrons. The minimum Gasteiger partial charge on any atom is -0.491 e. The van der Waals surface area contributed by atoms with Gasteiger partial charge in [-0.15, -0.1) is 11.3 Å². The predicted octanol–water partition coefficient (Wildman–Crippen LogP) is 6.11. The first kappa shape index (κ1) is 21.8. The molecular formula is C22H21F3N2O2S. The molecule has 1 N–H and O–H groups in total. The van der Waals surface area contributed by atoms with Crippen LogP contribution < -0.4 is 10.1 Å². The second kappa shape index (κ2) is 8.87. The molecular weight excluding hydrogens is 413 g/mol. The van der Waals surface area contributed by atoms with Gasteiger partial charge in [0.2, 0.25) is 5.91 Å². The number of hydrogen-bond donors (Lipinski definition) is 1. The maximum absolute atomic E-state index is 12.7. The molecule has 158 valence electrons. The molecule has 0 bridgehead atoms. The molecule has 1 aromatic heterocycles. The van der Waals surface area contributed by atoms with E-state index in [0.29, 0.717) is 22.0 Å². The highest BCUT2D eigenvalue weighted by molar-refractivity contribution is 7.13. The number of anilines is 1. The summed E-state index contributed by atoms with van der Waals surface area (Å²) in [6.45, 7) is 5.77. The van der Waals surface area contributed by atoms with Gasteiger partial charge in [-0.05, 0) is 56.7 Å². The van der Waals surface area contributed by atoms with Crippen molar-refractivity contribution in [2.75, 3.05) is 5.32 Å². The molecule has 3 aromatic rings. The third kappa shape index (κ3) is 5.60. The van der Waals surface area contributed by atoms with Gasteiger partial charge in [-0.25, -0.2) is 4.98 Å². The van der Waals surface area contributed by atoms with Crippen LogP contribution >= 0.6 is 11.3 Å². The molecule has 0 fully saturated rings. The molecule has 0 atom stereocenters. The van der Waals surface area contributed by atoms with Gasteiger partial charge in [-0.1, -0.05) is 12.1 Å². The molecule has 1 amide bonds. The summed E-state index contributed by atoms with van der Waals surface area (Å²) in [5.74, 6) is 0.515. The van der Waals surface area contributed by atoms with E-state index >= 15 is 0 Å². The van der Waals surface area contributed by atoms with Crippen molar-refractivity contribution < 1.29 is 22.7 Å². The number of rotatable bonds is 6. The summed E-state index contributed by atoms with van der Waals surface area (Å²) in [4.78, 5) is 16.8. The van der Waals surface area contributed by atoms with Gasteiger partial charge in [0.05, 0.1) is 23.8 Å². The van der Waals surface area contributed by atoms with Gasteiger partial charge in [-0.2, -0.15) is 13.2 Å². The number of nitrogens with zero attached hydrogens (tertiary/aromatic N) is 1. The standard InChI is InChI=1S/C22H21F3N2O2S/c1-13(2)29-18-8-9-19(14(3)10-18)27-20(28)11-17-12-30-21(26-17)15-4-6-16(7-5-15)22(23,24)25/h4-10,12-13H,11H2,1-3H3,(H,27,28). The van der Waals surface area contributed by atoms with Crippen LogP contribution in [0, 0.1) is 6.92 Å². The lowest BCUT2D eigenvalue weighted by Crippen LogP contribution is -2.15. The normalized spacial score (nSPS) is 11.6. The van der Waals surface area contributed by atoms with E-state index in [4.69, 9.17) is 4.74 Å². The Labute approximate surface area is 176 Å². The van der Waals surface area contributed by atoms with Crippen LogP contribution in [0.5, 0.6) is 5.75 Å². The van der Waals surface area contributed by atoms with Crippen molar-refractivity contribution in [3.05, 3.63) is 64.7 Å². The minimum atomic E-state index is -4.37. The monoisotopic (exact) mass is 434 g/mol. The van der Waals surface area contributed by atoms with E-state index in [0.717, 1.165) is 23.4 Å². The zero-order valence-electron chi connectivity index (χ0n) is 16.7. The van der Waals surface area contributed by atoms with Gasteiger partial charge >= 0.3 is 6.18 Å². The first-order valence-corrected chi connectivity index (χ1v) is 10.2. The maximum Gasteiger partial charge on any atom is 0.416 e. The van der Waals surface area contributed by atoms with E-state index in [2.05, 4.69) is 10.3 Å². The van der Waals surface area contributed by atoms with Crippen LogP contribution in [0.1, 0.15) is 30.7 Å². The van der Waals surface area contributed by atoms with Crippen molar-refractivity contribution in [3.8, 4) is 16.3 Å². The fourth-order valence-electron chi connectivity index (χ4n) is 2.80. The molecule has 0 aliphatic heterocycles. The molecule has 0 saturated heterocycles. The molecule has 4 nitrogen and oxygen atoms in total. The van der Waals surface area contributed by atoms with Crippen LogP contribution in [-0.4, -0.2) is 17.0 Å². The Morgan fingerprint density at radius 3 is 2.47 bits per heavy atom. The molecule has 30 heavy (non-hydrogen) atoms. The summed E-state index contributed by atoms with van der Waals surface area (Å²) in [7, 11) is 0. The fraction of sp³-hybridized carbons (Fsp3) is 0.273. The molecule has 0 aliphatic carbocycles. The first-order valence-electron chi connectivity index (χ1n) is 9.31. The molecule has 2 aromatic carbocycles. The van der Waals surface area contributed by atoms with Gasteiger partial charge in [0.25, 0.3) is 0 Å². The lowest BCUT2D eigenvalue weighted by atomic mass is 10.1. The van der Waals surface area contributed by atoms with Crippen LogP contribution in [0.25, 0.3) is 10.6 Å². The molecule has 0 unspecified atom stereocenters. The van der Waals surface area contributed by atoms with Crippen LogP contribution in [0.4, 0.5) is 18.9 Å². The number of alkyl halides is 3. The van der Waals surface area contributed by atoms with E-state index in [1.807, 2.05) is 26.8 Å². The van der Waals surface area contributed by atoms with Crippen LogP contribution in [-0.2, 0) is 17.4 Å². The smallest absolute Gasteiger partial charge is 0.416 e. The van der Waals surface area contributed by atoms with E-state index < -0.39 is 11.7 Å². The average Bonchev–Trinajstić information content (AvgIpc) is 3.11. The number of aromatic nitrogens is 1. The molecule has 0 saturated carbocycles. The third-order valence-corrected chi connectivity index (χ3v) is 5.14. The molecule has 8 heteroatoms. The number of carbonyl (C=O) groups excluding carboxylic acids is 1. The number of halogens is 3. The Bertz CT molecular complexity index is 1030. The summed E-state index contributed by atoms with van der Waals surface area (Å²) >= 11 is 1.29. The van der Waals surface area contributed by atoms with Crippen molar-refractivity contribution in [1.29, 1.82) is 0 Å². The molecule has 0 spiro atoms. The van der Waals surface area contributed by atoms with E-state index in [9.17, 15) is 18.0 Å². The largest absolute Gasteiger partial charge is 0.491 e. The Balaban J connectivity index is 1.64. The van der Waals surface area contributed by atoms with Crippen molar-refractivity contribution >= 4 is 22.9 Å². The number of benzene rings is 2. The molecule has 1 heterocycles. The SMILES string of the molecule is Cc1cc(OC(C)C)ccc1NC(=O)Cc1csc(-c2ccc(C(F)(F)F)cc2)n1. The van der Waals surface area contributed by atoms with Gasteiger partial charge in [0, 0.05) is 16.6 Å². The van der Waals surface area contributed by atoms with Crippen molar-refractivity contribution in [1.82, 2.24) is 4.98 Å². The highest BCUT2D eigenvalue weighted by atomic mass is 32.1. The molecule has 0 aliphatic rings. The lowest BCUT2D eigenvalue weighted by molar-refractivity contribution is -0.137. The lowest BCUT2D eigenvalue weighted by Gasteiger charge is -2.13. The number of hydrogen-bond acceptors (Lipinski definition) is 4. The van der Waals surface area contributed by atoms with Crippen molar-refractivity contribution in [2.24, 2.45) is 0 Å². The Hall–Kier alpha value is -2.87. The quantitative estimate of drug-likeness (QED) is 0.510. The Morgan fingerprint density at radius 2 is 1.87 bits per heavy atom. The predicted molar refractivity (Wildman–Crippen MR) is 112 cm³/mol. The zero-order chi connectivity index (χ0) is 21.9. The van der Waals surface area contributed by atoms with Crippen molar-refractivity contribution in [3.63, 3.8) is 0 Å². The van der Waals surface area contributed by atoms with Gasteiger partial charge in [0.15, 0.2) is 0 Å². The summed E-state index contributed by atoms with van der Waals surface area (Å²) in [6, 6.07) is 10.3. The highest BCUT2D eigenvalue weighted by Crippen LogP contribution is 2.32. The zero-order valence-corrected chi connectivity index (χ0v) is 17.5. The topological polar surface area (TPSA) is 51.2 Å². The number of nitrogens with one attached hydrogen (secondary N) is 1. The number of thiazole rings is 1. The number of amides is 1. The third-order valence-electron chi connectivity index (χ3n) is 4.20. The van der Waals surface area contributed by atoms with E-state index in [1.165, 1.54) is 23.5 Å². The van der Waals surface area contributed by atoms with E-state index in [-0.39, 0.29) is 18.4 Å². The van der Waals surface area contributed by atoms with Crippen molar-refractivity contribution in [2.45, 2.75) is 39.5 Å².